The minimum Gasteiger partial charge on any atom is -0.307 e. The predicted octanol–water partition coefficient (Wildman–Crippen LogP) is 5.28. The molecule has 0 aromatic heterocycles. The lowest BCUT2D eigenvalue weighted by Crippen LogP contribution is -2.47. The molecular formula is C23H19ClN2O2S2. The number of nitrogens with zero attached hydrogens (tertiary/aromatic N) is 1. The lowest BCUT2D eigenvalue weighted by atomic mass is 10.2. The van der Waals surface area contributed by atoms with E-state index in [2.05, 4.69) is 5.32 Å². The van der Waals surface area contributed by atoms with Crippen LogP contribution < -0.4 is 10.2 Å². The van der Waals surface area contributed by atoms with E-state index in [0.29, 0.717) is 22.2 Å². The number of anilines is 1. The summed E-state index contributed by atoms with van der Waals surface area (Å²) in [4.78, 5) is 26.9. The molecule has 4 nitrogen and oxygen atoms in total. The van der Waals surface area contributed by atoms with Crippen molar-refractivity contribution in [2.24, 2.45) is 0 Å². The Morgan fingerprint density at radius 1 is 0.767 bits per heavy atom. The highest BCUT2D eigenvalue weighted by molar-refractivity contribution is 8.17. The number of amides is 2. The van der Waals surface area contributed by atoms with Crippen molar-refractivity contribution in [3.8, 4) is 0 Å². The van der Waals surface area contributed by atoms with Gasteiger partial charge in [0, 0.05) is 22.2 Å². The van der Waals surface area contributed by atoms with Crippen molar-refractivity contribution in [3.63, 3.8) is 0 Å². The smallest absolute Gasteiger partial charge is 0.307 e. The van der Waals surface area contributed by atoms with E-state index in [9.17, 15) is 9.59 Å². The fourth-order valence-electron chi connectivity index (χ4n) is 3.12. The van der Waals surface area contributed by atoms with Gasteiger partial charge in [0.05, 0.1) is 0 Å². The van der Waals surface area contributed by atoms with Crippen LogP contribution in [0.15, 0.2) is 84.9 Å². The summed E-state index contributed by atoms with van der Waals surface area (Å²) < 4.78 is -0.965. The quantitative estimate of drug-likeness (QED) is 0.389. The maximum Gasteiger partial charge on any atom is 0.319 e. The van der Waals surface area contributed by atoms with Gasteiger partial charge in [0.15, 0.2) is 0 Å². The largest absolute Gasteiger partial charge is 0.319 e. The second-order valence-corrected chi connectivity index (χ2v) is 9.73. The van der Waals surface area contributed by atoms with Gasteiger partial charge in [0.2, 0.25) is 4.33 Å². The van der Waals surface area contributed by atoms with Crippen LogP contribution in [-0.4, -0.2) is 16.1 Å². The topological polar surface area (TPSA) is 49.4 Å². The zero-order valence-corrected chi connectivity index (χ0v) is 18.3. The molecule has 30 heavy (non-hydrogen) atoms. The lowest BCUT2D eigenvalue weighted by molar-refractivity contribution is -0.134. The highest BCUT2D eigenvalue weighted by Crippen LogP contribution is 2.46. The van der Waals surface area contributed by atoms with Crippen LogP contribution in [-0.2, 0) is 21.1 Å². The molecule has 3 aromatic rings. The van der Waals surface area contributed by atoms with Gasteiger partial charge in [0.1, 0.15) is 0 Å². The second kappa shape index (κ2) is 9.16. The fraction of sp³-hybridized carbons (Fsp3) is 0.130. The molecule has 7 heteroatoms. The first kappa shape index (κ1) is 20.8. The maximum absolute atomic E-state index is 12.9. The molecular weight excluding hydrogens is 436 g/mol. The Labute approximate surface area is 189 Å². The molecule has 0 saturated carbocycles. The lowest BCUT2D eigenvalue weighted by Gasteiger charge is -2.36. The SMILES string of the molecule is O=C1NC(SCc2ccccc2)(SCc2ccccc2)N(c2ccc(Cl)cc2)C1=O. The highest BCUT2D eigenvalue weighted by atomic mass is 35.5. The zero-order valence-electron chi connectivity index (χ0n) is 16.0. The number of halogens is 1. The molecule has 1 heterocycles. The summed E-state index contributed by atoms with van der Waals surface area (Å²) in [5.41, 5.74) is 2.86. The summed E-state index contributed by atoms with van der Waals surface area (Å²) in [6.07, 6.45) is 0. The van der Waals surface area contributed by atoms with Gasteiger partial charge in [-0.25, -0.2) is 0 Å². The minimum absolute atomic E-state index is 0.571. The van der Waals surface area contributed by atoms with Crippen molar-refractivity contribution < 1.29 is 9.59 Å². The van der Waals surface area contributed by atoms with E-state index in [1.165, 1.54) is 23.5 Å². The van der Waals surface area contributed by atoms with Crippen LogP contribution in [0.4, 0.5) is 5.69 Å². The van der Waals surface area contributed by atoms with E-state index in [-0.39, 0.29) is 0 Å². The van der Waals surface area contributed by atoms with E-state index < -0.39 is 16.1 Å². The standard InChI is InChI=1S/C23H19ClN2O2S2/c24-19-11-13-20(14-12-19)26-22(28)21(27)25-23(26,29-15-17-7-3-1-4-8-17)30-16-18-9-5-2-6-10-18/h1-14H,15-16H2,(H,25,27). The highest BCUT2D eigenvalue weighted by Gasteiger charge is 2.52. The zero-order chi connectivity index (χ0) is 21.0. The molecule has 152 valence electrons. The van der Waals surface area contributed by atoms with Crippen LogP contribution in [0.25, 0.3) is 0 Å². The summed E-state index contributed by atoms with van der Waals surface area (Å²) in [7, 11) is 0. The molecule has 2 amide bonds. The molecule has 0 atom stereocenters. The van der Waals surface area contributed by atoms with E-state index >= 15 is 0 Å². The number of rotatable bonds is 7. The van der Waals surface area contributed by atoms with Crippen molar-refractivity contribution in [2.45, 2.75) is 15.8 Å². The molecule has 0 unspecified atom stereocenters. The Morgan fingerprint density at radius 3 is 1.77 bits per heavy atom. The van der Waals surface area contributed by atoms with Gasteiger partial charge < -0.3 is 5.32 Å². The summed E-state index contributed by atoms with van der Waals surface area (Å²) in [6, 6.07) is 27.0. The number of hydrogen-bond donors (Lipinski definition) is 1. The average Bonchev–Trinajstić information content (AvgIpc) is 3.03. The van der Waals surface area contributed by atoms with Gasteiger partial charge in [-0.15, -0.1) is 0 Å². The number of carbonyl (C=O) groups is 2. The molecule has 1 N–H and O–H groups in total. The first-order valence-electron chi connectivity index (χ1n) is 9.35. The fourth-order valence-corrected chi connectivity index (χ4v) is 6.01. The van der Waals surface area contributed by atoms with Crippen molar-refractivity contribution >= 4 is 52.6 Å². The summed E-state index contributed by atoms with van der Waals surface area (Å²) in [5, 5.41) is 3.52. The second-order valence-electron chi connectivity index (χ2n) is 6.70. The molecule has 0 bridgehead atoms. The predicted molar refractivity (Wildman–Crippen MR) is 125 cm³/mol. The molecule has 0 radical (unpaired) electrons. The normalized spacial score (nSPS) is 15.3. The summed E-state index contributed by atoms with van der Waals surface area (Å²) in [5.74, 6) is 0.102. The first-order chi connectivity index (χ1) is 14.6. The maximum atomic E-state index is 12.9. The monoisotopic (exact) mass is 454 g/mol. The van der Waals surface area contributed by atoms with Gasteiger partial charge in [-0.05, 0) is 35.4 Å². The van der Waals surface area contributed by atoms with E-state index in [0.717, 1.165) is 11.1 Å². The number of nitrogens with one attached hydrogen (secondary N) is 1. The van der Waals surface area contributed by atoms with Crippen LogP contribution in [0.1, 0.15) is 11.1 Å². The third kappa shape index (κ3) is 4.51. The van der Waals surface area contributed by atoms with Gasteiger partial charge >= 0.3 is 11.8 Å². The third-order valence-electron chi connectivity index (χ3n) is 4.60. The number of thioether (sulfide) groups is 2. The number of benzene rings is 3. The summed E-state index contributed by atoms with van der Waals surface area (Å²) in [6.45, 7) is 0. The molecule has 1 fully saturated rings. The first-order valence-corrected chi connectivity index (χ1v) is 11.7. The van der Waals surface area contributed by atoms with Gasteiger partial charge in [-0.1, -0.05) is 95.8 Å². The summed E-state index contributed by atoms with van der Waals surface area (Å²) >= 11 is 9.08. The van der Waals surface area contributed by atoms with Crippen molar-refractivity contribution in [1.29, 1.82) is 0 Å². The molecule has 0 spiro atoms. The van der Waals surface area contributed by atoms with E-state index in [1.54, 1.807) is 29.2 Å². The molecule has 4 rings (SSSR count). The molecule has 1 aliphatic rings. The van der Waals surface area contributed by atoms with Crippen molar-refractivity contribution in [1.82, 2.24) is 5.32 Å². The van der Waals surface area contributed by atoms with Gasteiger partial charge in [-0.3, -0.25) is 14.5 Å². The molecule has 1 saturated heterocycles. The molecule has 1 aliphatic heterocycles. The van der Waals surface area contributed by atoms with Crippen LogP contribution in [0.3, 0.4) is 0 Å². The van der Waals surface area contributed by atoms with Crippen LogP contribution in [0.5, 0.6) is 0 Å². The van der Waals surface area contributed by atoms with E-state index in [4.69, 9.17) is 11.6 Å². The minimum atomic E-state index is -0.965. The molecule has 3 aromatic carbocycles. The van der Waals surface area contributed by atoms with Crippen LogP contribution >= 0.6 is 35.1 Å². The van der Waals surface area contributed by atoms with Crippen molar-refractivity contribution in [3.05, 3.63) is 101 Å². The van der Waals surface area contributed by atoms with Crippen molar-refractivity contribution in [2.75, 3.05) is 4.90 Å². The Balaban J connectivity index is 1.68. The Hall–Kier alpha value is -2.41. The number of hydrogen-bond acceptors (Lipinski definition) is 4. The van der Waals surface area contributed by atoms with E-state index in [1.807, 2.05) is 60.7 Å². The third-order valence-corrected chi connectivity index (χ3v) is 7.87. The van der Waals surface area contributed by atoms with Crippen LogP contribution in [0, 0.1) is 0 Å². The number of carbonyl (C=O) groups excluding carboxylic acids is 2. The molecule has 0 aliphatic carbocycles. The van der Waals surface area contributed by atoms with Crippen LogP contribution in [0.2, 0.25) is 5.02 Å². The van der Waals surface area contributed by atoms with Gasteiger partial charge in [0.25, 0.3) is 0 Å². The van der Waals surface area contributed by atoms with Gasteiger partial charge in [-0.2, -0.15) is 0 Å². The Kier molecular flexibility index (Phi) is 6.37. The Morgan fingerprint density at radius 2 is 1.27 bits per heavy atom. The Bertz CT molecular complexity index is 987. The average molecular weight is 455 g/mol.